The van der Waals surface area contributed by atoms with Crippen LogP contribution in [-0.2, 0) is 4.79 Å². The van der Waals surface area contributed by atoms with Crippen LogP contribution in [0.3, 0.4) is 0 Å². The molecule has 2 aromatic carbocycles. The first-order chi connectivity index (χ1) is 15.4. The number of benzene rings is 2. The number of anilines is 1. The number of aromatic nitrogens is 2. The van der Waals surface area contributed by atoms with Crippen molar-refractivity contribution in [2.45, 2.75) is 13.0 Å². The molecular formula is C23H24N6O3. The summed E-state index contributed by atoms with van der Waals surface area (Å²) in [7, 11) is 0. The summed E-state index contributed by atoms with van der Waals surface area (Å²) < 4.78 is 0. The molecule has 32 heavy (non-hydrogen) atoms. The number of nitro groups is 1. The molecule has 1 aliphatic rings. The van der Waals surface area contributed by atoms with Crippen molar-refractivity contribution in [3.8, 4) is 11.4 Å². The summed E-state index contributed by atoms with van der Waals surface area (Å²) in [6, 6.07) is 17.3. The summed E-state index contributed by atoms with van der Waals surface area (Å²) in [5.41, 5.74) is 7.98. The molecule has 4 rings (SSSR count). The Labute approximate surface area is 185 Å². The lowest BCUT2D eigenvalue weighted by molar-refractivity contribution is -0.384. The molecule has 0 aliphatic carbocycles. The average molecular weight is 432 g/mol. The molecule has 164 valence electrons. The number of primary amides is 1. The zero-order chi connectivity index (χ0) is 22.7. The quantitative estimate of drug-likeness (QED) is 0.470. The largest absolute Gasteiger partial charge is 0.368 e. The number of hydrogen-bond acceptors (Lipinski definition) is 7. The van der Waals surface area contributed by atoms with E-state index in [9.17, 15) is 14.9 Å². The van der Waals surface area contributed by atoms with Gasteiger partial charge in [0, 0.05) is 55.6 Å². The second-order valence-corrected chi connectivity index (χ2v) is 7.74. The summed E-state index contributed by atoms with van der Waals surface area (Å²) >= 11 is 0. The third-order valence-corrected chi connectivity index (χ3v) is 5.54. The molecule has 1 amide bonds. The predicted octanol–water partition coefficient (Wildman–Crippen LogP) is 2.71. The number of nitro benzene ring substituents is 1. The van der Waals surface area contributed by atoms with Gasteiger partial charge in [-0.3, -0.25) is 19.8 Å². The van der Waals surface area contributed by atoms with Crippen molar-refractivity contribution < 1.29 is 9.72 Å². The molecule has 2 N–H and O–H groups in total. The summed E-state index contributed by atoms with van der Waals surface area (Å²) in [4.78, 5) is 36.2. The molecule has 3 aromatic rings. The van der Waals surface area contributed by atoms with Crippen LogP contribution in [0.2, 0.25) is 0 Å². The smallest absolute Gasteiger partial charge is 0.270 e. The zero-order valence-corrected chi connectivity index (χ0v) is 17.7. The maximum Gasteiger partial charge on any atom is 0.270 e. The Morgan fingerprint density at radius 3 is 2.41 bits per heavy atom. The molecule has 0 spiro atoms. The van der Waals surface area contributed by atoms with E-state index in [-0.39, 0.29) is 11.6 Å². The van der Waals surface area contributed by atoms with Crippen molar-refractivity contribution in [2.75, 3.05) is 31.1 Å². The Balaban J connectivity index is 1.53. The molecule has 9 nitrogen and oxygen atoms in total. The minimum absolute atomic E-state index is 0.00109. The van der Waals surface area contributed by atoms with Crippen LogP contribution in [0.15, 0.2) is 60.7 Å². The van der Waals surface area contributed by atoms with E-state index in [1.54, 1.807) is 12.1 Å². The molecule has 1 atom stereocenters. The van der Waals surface area contributed by atoms with Crippen LogP contribution in [0.1, 0.15) is 17.3 Å². The number of amides is 1. The zero-order valence-electron chi connectivity index (χ0n) is 17.7. The highest BCUT2D eigenvalue weighted by atomic mass is 16.6. The number of nitrogens with two attached hydrogens (primary N) is 1. The number of aryl methyl sites for hydroxylation is 1. The van der Waals surface area contributed by atoms with Crippen LogP contribution >= 0.6 is 0 Å². The van der Waals surface area contributed by atoms with E-state index in [1.807, 2.05) is 43.3 Å². The van der Waals surface area contributed by atoms with Gasteiger partial charge >= 0.3 is 0 Å². The van der Waals surface area contributed by atoms with Crippen molar-refractivity contribution in [1.82, 2.24) is 14.9 Å². The molecule has 1 aliphatic heterocycles. The van der Waals surface area contributed by atoms with Crippen LogP contribution in [-0.4, -0.2) is 51.9 Å². The van der Waals surface area contributed by atoms with E-state index in [1.165, 1.54) is 12.1 Å². The van der Waals surface area contributed by atoms with Gasteiger partial charge in [-0.1, -0.05) is 42.5 Å². The Morgan fingerprint density at radius 1 is 1.03 bits per heavy atom. The average Bonchev–Trinajstić information content (AvgIpc) is 2.80. The molecule has 9 heteroatoms. The van der Waals surface area contributed by atoms with Crippen LogP contribution in [0, 0.1) is 17.0 Å². The predicted molar refractivity (Wildman–Crippen MR) is 121 cm³/mol. The number of rotatable bonds is 6. The van der Waals surface area contributed by atoms with Gasteiger partial charge in [-0.25, -0.2) is 9.97 Å². The Kier molecular flexibility index (Phi) is 6.09. The monoisotopic (exact) mass is 432 g/mol. The summed E-state index contributed by atoms with van der Waals surface area (Å²) in [5.74, 6) is 0.843. The fraction of sp³-hybridized carbons (Fsp3) is 0.261. The second kappa shape index (κ2) is 9.11. The Hall–Kier alpha value is -3.85. The van der Waals surface area contributed by atoms with E-state index in [2.05, 4.69) is 19.8 Å². The first-order valence-corrected chi connectivity index (χ1v) is 10.4. The van der Waals surface area contributed by atoms with Crippen LogP contribution in [0.5, 0.6) is 0 Å². The van der Waals surface area contributed by atoms with Crippen LogP contribution in [0.25, 0.3) is 11.4 Å². The highest BCUT2D eigenvalue weighted by molar-refractivity contribution is 5.81. The topological polar surface area (TPSA) is 118 Å². The summed E-state index contributed by atoms with van der Waals surface area (Å²) in [6.07, 6.45) is 0. The Bertz CT molecular complexity index is 1130. The van der Waals surface area contributed by atoms with Crippen molar-refractivity contribution in [1.29, 1.82) is 0 Å². The number of carbonyl (C=O) groups excluding carboxylic acids is 1. The molecule has 0 saturated carbocycles. The number of carbonyl (C=O) groups is 1. The van der Waals surface area contributed by atoms with E-state index >= 15 is 0 Å². The van der Waals surface area contributed by atoms with Gasteiger partial charge in [0.2, 0.25) is 5.91 Å². The number of hydrogen-bond donors (Lipinski definition) is 1. The molecule has 0 bridgehead atoms. The number of non-ortho nitro benzene ring substituents is 1. The fourth-order valence-corrected chi connectivity index (χ4v) is 4.00. The summed E-state index contributed by atoms with van der Waals surface area (Å²) in [5, 5.41) is 11.1. The van der Waals surface area contributed by atoms with E-state index in [4.69, 9.17) is 5.73 Å². The van der Waals surface area contributed by atoms with E-state index in [0.29, 0.717) is 37.6 Å². The third kappa shape index (κ3) is 4.57. The minimum atomic E-state index is -0.467. The van der Waals surface area contributed by atoms with Gasteiger partial charge in [0.15, 0.2) is 5.82 Å². The normalized spacial score (nSPS) is 15.3. The van der Waals surface area contributed by atoms with Crippen molar-refractivity contribution in [3.63, 3.8) is 0 Å². The fourth-order valence-electron chi connectivity index (χ4n) is 4.00. The van der Waals surface area contributed by atoms with Crippen LogP contribution < -0.4 is 10.6 Å². The van der Waals surface area contributed by atoms with E-state index in [0.717, 1.165) is 17.1 Å². The standard InChI is InChI=1S/C23H24N6O3/c1-16-14-20(26-23(25-16)18-8-5-9-19(15-18)29(31)32)27-10-12-28(13-11-27)21(22(24)30)17-6-3-2-4-7-17/h2-9,14-15,21H,10-13H2,1H3,(H2,24,30). The summed E-state index contributed by atoms with van der Waals surface area (Å²) in [6.45, 7) is 4.51. The molecule has 1 aromatic heterocycles. The first kappa shape index (κ1) is 21.4. The van der Waals surface area contributed by atoms with Gasteiger partial charge in [0.05, 0.1) is 4.92 Å². The maximum absolute atomic E-state index is 12.2. The van der Waals surface area contributed by atoms with Crippen molar-refractivity contribution in [2.24, 2.45) is 5.73 Å². The lowest BCUT2D eigenvalue weighted by atomic mass is 10.0. The lowest BCUT2D eigenvalue weighted by Gasteiger charge is -2.38. The van der Waals surface area contributed by atoms with Crippen molar-refractivity contribution >= 4 is 17.4 Å². The minimum Gasteiger partial charge on any atom is -0.368 e. The van der Waals surface area contributed by atoms with E-state index < -0.39 is 11.0 Å². The molecule has 1 unspecified atom stereocenters. The van der Waals surface area contributed by atoms with Gasteiger partial charge in [-0.15, -0.1) is 0 Å². The van der Waals surface area contributed by atoms with Gasteiger partial charge < -0.3 is 10.6 Å². The lowest BCUT2D eigenvalue weighted by Crippen LogP contribution is -2.50. The maximum atomic E-state index is 12.2. The highest BCUT2D eigenvalue weighted by Crippen LogP contribution is 2.26. The van der Waals surface area contributed by atoms with Gasteiger partial charge in [-0.2, -0.15) is 0 Å². The molecule has 1 fully saturated rings. The number of piperazine rings is 1. The molecule has 2 heterocycles. The van der Waals surface area contributed by atoms with Crippen molar-refractivity contribution in [3.05, 3.63) is 82.0 Å². The van der Waals surface area contributed by atoms with Gasteiger partial charge in [0.1, 0.15) is 11.9 Å². The Morgan fingerprint density at radius 2 is 1.75 bits per heavy atom. The number of nitrogens with zero attached hydrogens (tertiary/aromatic N) is 5. The second-order valence-electron chi connectivity index (χ2n) is 7.74. The molecular weight excluding hydrogens is 408 g/mol. The highest BCUT2D eigenvalue weighted by Gasteiger charge is 2.29. The van der Waals surface area contributed by atoms with Gasteiger partial charge in [-0.05, 0) is 12.5 Å². The van der Waals surface area contributed by atoms with Gasteiger partial charge in [0.25, 0.3) is 5.69 Å². The van der Waals surface area contributed by atoms with Crippen LogP contribution in [0.4, 0.5) is 11.5 Å². The SMILES string of the molecule is Cc1cc(N2CCN(C(C(N)=O)c3ccccc3)CC2)nc(-c2cccc([N+](=O)[O-])c2)n1. The third-order valence-electron chi connectivity index (χ3n) is 5.54. The molecule has 1 saturated heterocycles. The first-order valence-electron chi connectivity index (χ1n) is 10.4. The molecule has 0 radical (unpaired) electrons.